The Morgan fingerprint density at radius 1 is 1.21 bits per heavy atom. The molecule has 1 atom stereocenters. The van der Waals surface area contributed by atoms with E-state index in [2.05, 4.69) is 5.32 Å². The Kier molecular flexibility index (Phi) is 6.13. The summed E-state index contributed by atoms with van der Waals surface area (Å²) < 4.78 is 16.1. The molecule has 6 nitrogen and oxygen atoms in total. The minimum atomic E-state index is -0.992. The Labute approximate surface area is 173 Å². The smallest absolute Gasteiger partial charge is 0.311 e. The lowest BCUT2D eigenvalue weighted by Gasteiger charge is -2.15. The van der Waals surface area contributed by atoms with Gasteiger partial charge < -0.3 is 19.2 Å². The zero-order valence-electron chi connectivity index (χ0n) is 16.7. The van der Waals surface area contributed by atoms with Gasteiger partial charge in [0.25, 0.3) is 5.91 Å². The fourth-order valence-electron chi connectivity index (χ4n) is 2.99. The van der Waals surface area contributed by atoms with Crippen LogP contribution in [0.15, 0.2) is 41.0 Å². The highest BCUT2D eigenvalue weighted by Gasteiger charge is 2.21. The maximum Gasteiger partial charge on any atom is 0.311 e. The minimum absolute atomic E-state index is 0.00755. The first-order valence-electron chi connectivity index (χ1n) is 9.10. The van der Waals surface area contributed by atoms with E-state index in [0.29, 0.717) is 16.5 Å². The first-order valence-corrected chi connectivity index (χ1v) is 9.48. The van der Waals surface area contributed by atoms with Gasteiger partial charge in [-0.1, -0.05) is 23.7 Å². The van der Waals surface area contributed by atoms with Crippen molar-refractivity contribution in [3.8, 4) is 5.75 Å². The lowest BCUT2D eigenvalue weighted by atomic mass is 10.0. The molecular weight excluding hydrogens is 394 g/mol. The predicted octanol–water partition coefficient (Wildman–Crippen LogP) is 4.82. The fraction of sp³-hybridized carbons (Fsp3) is 0.273. The Balaban J connectivity index is 1.66. The van der Waals surface area contributed by atoms with Crippen molar-refractivity contribution in [2.75, 3.05) is 12.4 Å². The van der Waals surface area contributed by atoms with Crippen LogP contribution in [0.2, 0.25) is 5.02 Å². The number of benzene rings is 2. The number of furan rings is 1. The van der Waals surface area contributed by atoms with Gasteiger partial charge in [-0.3, -0.25) is 9.59 Å². The molecule has 0 saturated carbocycles. The molecule has 0 aliphatic heterocycles. The standard InChI is InChI=1S/C22H22ClNO5/c1-12-5-7-17-15(11-28-21(17)13(12)2)9-20(25)29-14(3)22(26)24-18-10-16(23)6-8-19(18)27-4/h5-8,10-11,14H,9H2,1-4H3,(H,24,26)/t14-/m0/s1. The number of amides is 1. The third kappa shape index (κ3) is 4.54. The number of aryl methyl sites for hydroxylation is 2. The molecule has 1 amide bonds. The third-order valence-corrected chi connectivity index (χ3v) is 5.01. The first-order chi connectivity index (χ1) is 13.8. The first kappa shape index (κ1) is 20.7. The summed E-state index contributed by atoms with van der Waals surface area (Å²) in [5, 5.41) is 3.98. The number of esters is 1. The highest BCUT2D eigenvalue weighted by Crippen LogP contribution is 2.28. The van der Waals surface area contributed by atoms with Crippen molar-refractivity contribution in [1.29, 1.82) is 0 Å². The maximum atomic E-state index is 12.4. The molecule has 2 aromatic carbocycles. The summed E-state index contributed by atoms with van der Waals surface area (Å²) in [6.45, 7) is 5.48. The number of carbonyl (C=O) groups is 2. The summed E-state index contributed by atoms with van der Waals surface area (Å²) in [6, 6.07) is 8.76. The number of anilines is 1. The largest absolute Gasteiger partial charge is 0.495 e. The summed E-state index contributed by atoms with van der Waals surface area (Å²) in [5.41, 5.74) is 4.02. The average molecular weight is 416 g/mol. The van der Waals surface area contributed by atoms with Crippen molar-refractivity contribution in [2.45, 2.75) is 33.3 Å². The van der Waals surface area contributed by atoms with Crippen molar-refractivity contribution in [1.82, 2.24) is 0 Å². The third-order valence-electron chi connectivity index (χ3n) is 4.77. The molecule has 7 heteroatoms. The van der Waals surface area contributed by atoms with Gasteiger partial charge in [-0.2, -0.15) is 0 Å². The van der Waals surface area contributed by atoms with Crippen molar-refractivity contribution < 1.29 is 23.5 Å². The van der Waals surface area contributed by atoms with Gasteiger partial charge in [0.1, 0.15) is 11.3 Å². The van der Waals surface area contributed by atoms with Crippen molar-refractivity contribution >= 4 is 40.1 Å². The van der Waals surface area contributed by atoms with Gasteiger partial charge in [0.05, 0.1) is 25.5 Å². The lowest BCUT2D eigenvalue weighted by Crippen LogP contribution is -2.30. The molecule has 1 heterocycles. The van der Waals surface area contributed by atoms with Crippen LogP contribution < -0.4 is 10.1 Å². The van der Waals surface area contributed by atoms with Crippen LogP contribution in [0.5, 0.6) is 5.75 Å². The van der Waals surface area contributed by atoms with E-state index in [9.17, 15) is 9.59 Å². The van der Waals surface area contributed by atoms with Crippen molar-refractivity contribution in [2.24, 2.45) is 0 Å². The normalized spacial score (nSPS) is 11.9. The zero-order valence-corrected chi connectivity index (χ0v) is 17.4. The van der Waals surface area contributed by atoms with Gasteiger partial charge >= 0.3 is 5.97 Å². The molecular formula is C22H22ClNO5. The molecule has 0 aliphatic rings. The second-order valence-electron chi connectivity index (χ2n) is 6.79. The Bertz CT molecular complexity index is 1070. The molecule has 3 rings (SSSR count). The van der Waals surface area contributed by atoms with E-state index < -0.39 is 18.0 Å². The van der Waals surface area contributed by atoms with Crippen molar-refractivity contribution in [3.05, 3.63) is 58.3 Å². The molecule has 0 spiro atoms. The van der Waals surface area contributed by atoms with Crippen LogP contribution in [0.4, 0.5) is 5.69 Å². The van der Waals surface area contributed by atoms with Gasteiger partial charge in [-0.15, -0.1) is 0 Å². The van der Waals surface area contributed by atoms with Crippen LogP contribution >= 0.6 is 11.6 Å². The van der Waals surface area contributed by atoms with Gasteiger partial charge in [0.2, 0.25) is 0 Å². The molecule has 0 aliphatic carbocycles. The number of hydrogen-bond acceptors (Lipinski definition) is 5. The van der Waals surface area contributed by atoms with Crippen LogP contribution in [0.1, 0.15) is 23.6 Å². The molecule has 152 valence electrons. The zero-order chi connectivity index (χ0) is 21.1. The highest BCUT2D eigenvalue weighted by atomic mass is 35.5. The number of nitrogens with one attached hydrogen (secondary N) is 1. The van der Waals surface area contributed by atoms with E-state index in [1.54, 1.807) is 24.5 Å². The highest BCUT2D eigenvalue weighted by molar-refractivity contribution is 6.31. The maximum absolute atomic E-state index is 12.4. The SMILES string of the molecule is COc1ccc(Cl)cc1NC(=O)[C@H](C)OC(=O)Cc1coc2c(C)c(C)ccc12. The average Bonchev–Trinajstić information content (AvgIpc) is 3.08. The van der Waals surface area contributed by atoms with E-state index in [-0.39, 0.29) is 6.42 Å². The molecule has 0 radical (unpaired) electrons. The van der Waals surface area contributed by atoms with Gasteiger partial charge in [0, 0.05) is 16.0 Å². The van der Waals surface area contributed by atoms with E-state index in [1.807, 2.05) is 26.0 Å². The predicted molar refractivity (Wildman–Crippen MR) is 112 cm³/mol. The van der Waals surface area contributed by atoms with Gasteiger partial charge in [-0.25, -0.2) is 0 Å². The summed E-state index contributed by atoms with van der Waals surface area (Å²) in [5.74, 6) is -0.550. The molecule has 29 heavy (non-hydrogen) atoms. The van der Waals surface area contributed by atoms with Crippen LogP contribution in [0, 0.1) is 13.8 Å². The number of halogens is 1. The molecule has 3 aromatic rings. The van der Waals surface area contributed by atoms with Crippen LogP contribution in [0.3, 0.4) is 0 Å². The number of fused-ring (bicyclic) bond motifs is 1. The Morgan fingerprint density at radius 3 is 2.69 bits per heavy atom. The quantitative estimate of drug-likeness (QED) is 0.584. The summed E-state index contributed by atoms with van der Waals surface area (Å²) in [4.78, 5) is 24.8. The van der Waals surface area contributed by atoms with Crippen LogP contribution in [-0.4, -0.2) is 25.1 Å². The molecule has 0 saturated heterocycles. The van der Waals surface area contributed by atoms with Crippen LogP contribution in [0.25, 0.3) is 11.0 Å². The number of ether oxygens (including phenoxy) is 2. The summed E-state index contributed by atoms with van der Waals surface area (Å²) in [7, 11) is 1.49. The van der Waals surface area contributed by atoms with E-state index >= 15 is 0 Å². The lowest BCUT2D eigenvalue weighted by molar-refractivity contribution is -0.152. The molecule has 1 aromatic heterocycles. The Hall–Kier alpha value is -2.99. The van der Waals surface area contributed by atoms with Crippen LogP contribution in [-0.2, 0) is 20.7 Å². The second-order valence-corrected chi connectivity index (χ2v) is 7.22. The second kappa shape index (κ2) is 8.57. The van der Waals surface area contributed by atoms with Gasteiger partial charge in [-0.05, 0) is 50.1 Å². The number of carbonyl (C=O) groups excluding carboxylic acids is 2. The van der Waals surface area contributed by atoms with E-state index in [0.717, 1.165) is 27.7 Å². The Morgan fingerprint density at radius 2 is 1.97 bits per heavy atom. The minimum Gasteiger partial charge on any atom is -0.495 e. The topological polar surface area (TPSA) is 77.8 Å². The summed E-state index contributed by atoms with van der Waals surface area (Å²) in [6.07, 6.45) is 0.571. The summed E-state index contributed by atoms with van der Waals surface area (Å²) >= 11 is 5.97. The van der Waals surface area contributed by atoms with E-state index in [1.165, 1.54) is 14.0 Å². The molecule has 0 fully saturated rings. The molecule has 1 N–H and O–H groups in total. The fourth-order valence-corrected chi connectivity index (χ4v) is 3.16. The number of methoxy groups -OCH3 is 1. The molecule has 0 unspecified atom stereocenters. The number of hydrogen-bond donors (Lipinski definition) is 1. The number of rotatable bonds is 6. The van der Waals surface area contributed by atoms with Gasteiger partial charge in [0.15, 0.2) is 6.10 Å². The molecule has 0 bridgehead atoms. The van der Waals surface area contributed by atoms with E-state index in [4.69, 9.17) is 25.5 Å². The van der Waals surface area contributed by atoms with Crippen molar-refractivity contribution in [3.63, 3.8) is 0 Å². The monoisotopic (exact) mass is 415 g/mol.